The number of halogens is 1. The van der Waals surface area contributed by atoms with E-state index in [1.165, 1.54) is 11.8 Å². The second-order valence-electron chi connectivity index (χ2n) is 5.45. The van der Waals surface area contributed by atoms with Crippen molar-refractivity contribution in [1.82, 2.24) is 20.4 Å². The predicted octanol–water partition coefficient (Wildman–Crippen LogP) is 2.39. The van der Waals surface area contributed by atoms with E-state index in [1.54, 1.807) is 19.2 Å². The van der Waals surface area contributed by atoms with Crippen LogP contribution in [0.1, 0.15) is 23.4 Å². The average Bonchev–Trinajstić information content (AvgIpc) is 2.86. The predicted molar refractivity (Wildman–Crippen MR) is 90.9 cm³/mol. The van der Waals surface area contributed by atoms with Crippen LogP contribution in [0.2, 0.25) is 0 Å². The van der Waals surface area contributed by atoms with E-state index in [4.69, 9.17) is 0 Å². The van der Waals surface area contributed by atoms with Crippen LogP contribution in [-0.2, 0) is 13.1 Å². The highest BCUT2D eigenvalue weighted by molar-refractivity contribution is 5.79. The third-order valence-electron chi connectivity index (χ3n) is 3.57. The molecule has 0 aliphatic heterocycles. The van der Waals surface area contributed by atoms with Crippen molar-refractivity contribution in [2.24, 2.45) is 4.99 Å². The van der Waals surface area contributed by atoms with Crippen molar-refractivity contribution >= 4 is 5.96 Å². The summed E-state index contributed by atoms with van der Waals surface area (Å²) in [4.78, 5) is 4.15. The number of guanidine groups is 1. The normalized spacial score (nSPS) is 11.6. The first-order chi connectivity index (χ1) is 11.1. The Hall–Kier alpha value is -2.37. The summed E-state index contributed by atoms with van der Waals surface area (Å²) < 4.78 is 15.6. The van der Waals surface area contributed by atoms with E-state index in [-0.39, 0.29) is 5.82 Å². The minimum Gasteiger partial charge on any atom is -0.356 e. The molecule has 0 amide bonds. The van der Waals surface area contributed by atoms with Crippen LogP contribution in [0.3, 0.4) is 0 Å². The fourth-order valence-corrected chi connectivity index (χ4v) is 2.38. The molecule has 124 valence electrons. The average molecular weight is 317 g/mol. The van der Waals surface area contributed by atoms with Crippen LogP contribution in [0.25, 0.3) is 0 Å². The Kier molecular flexibility index (Phi) is 6.14. The summed E-state index contributed by atoms with van der Waals surface area (Å²) in [5.74, 6) is 0.460. The van der Waals surface area contributed by atoms with Crippen LogP contribution in [-0.4, -0.2) is 29.3 Å². The Morgan fingerprint density at radius 2 is 2.04 bits per heavy atom. The summed E-state index contributed by atoms with van der Waals surface area (Å²) in [6.07, 6.45) is 0.933. The lowest BCUT2D eigenvalue weighted by Gasteiger charge is -2.12. The first-order valence-corrected chi connectivity index (χ1v) is 7.79. The van der Waals surface area contributed by atoms with Gasteiger partial charge in [-0.15, -0.1) is 0 Å². The molecule has 2 aromatic rings. The molecule has 1 aromatic carbocycles. The van der Waals surface area contributed by atoms with Crippen LogP contribution >= 0.6 is 0 Å². The highest BCUT2D eigenvalue weighted by Gasteiger charge is 2.03. The van der Waals surface area contributed by atoms with Gasteiger partial charge in [0.05, 0.1) is 5.69 Å². The van der Waals surface area contributed by atoms with Gasteiger partial charge in [-0.05, 0) is 32.4 Å². The van der Waals surface area contributed by atoms with E-state index in [0.29, 0.717) is 18.1 Å². The lowest BCUT2D eigenvalue weighted by molar-refractivity contribution is 0.554. The van der Waals surface area contributed by atoms with Crippen LogP contribution in [0, 0.1) is 19.7 Å². The Balaban J connectivity index is 1.73. The van der Waals surface area contributed by atoms with Crippen LogP contribution in [0.4, 0.5) is 4.39 Å². The summed E-state index contributed by atoms with van der Waals surface area (Å²) in [6.45, 7) is 6.09. The number of rotatable bonds is 6. The van der Waals surface area contributed by atoms with E-state index in [9.17, 15) is 4.39 Å². The molecular weight excluding hydrogens is 293 g/mol. The molecule has 1 heterocycles. The van der Waals surface area contributed by atoms with Gasteiger partial charge in [0, 0.05) is 37.9 Å². The second kappa shape index (κ2) is 8.31. The van der Waals surface area contributed by atoms with E-state index in [1.807, 2.05) is 17.7 Å². The van der Waals surface area contributed by atoms with Crippen molar-refractivity contribution in [1.29, 1.82) is 0 Å². The van der Waals surface area contributed by atoms with Crippen LogP contribution in [0.5, 0.6) is 0 Å². The van der Waals surface area contributed by atoms with Gasteiger partial charge in [-0.3, -0.25) is 9.67 Å². The molecule has 0 aliphatic rings. The second-order valence-corrected chi connectivity index (χ2v) is 5.45. The maximum atomic E-state index is 13.6. The zero-order valence-corrected chi connectivity index (χ0v) is 13.9. The molecule has 0 saturated heterocycles. The van der Waals surface area contributed by atoms with E-state index in [2.05, 4.69) is 33.7 Å². The molecule has 0 bridgehead atoms. The lowest BCUT2D eigenvalue weighted by Crippen LogP contribution is -2.37. The summed E-state index contributed by atoms with van der Waals surface area (Å²) in [5.41, 5.74) is 2.83. The zero-order chi connectivity index (χ0) is 16.7. The summed E-state index contributed by atoms with van der Waals surface area (Å²) in [6, 6.07) is 8.80. The van der Waals surface area contributed by atoms with Gasteiger partial charge in [-0.25, -0.2) is 4.39 Å². The van der Waals surface area contributed by atoms with Gasteiger partial charge >= 0.3 is 0 Å². The first kappa shape index (κ1) is 17.0. The Labute approximate surface area is 136 Å². The largest absolute Gasteiger partial charge is 0.356 e. The number of benzene rings is 1. The molecule has 1 aromatic heterocycles. The minimum atomic E-state index is -0.208. The number of nitrogens with zero attached hydrogens (tertiary/aromatic N) is 3. The summed E-state index contributed by atoms with van der Waals surface area (Å²) >= 11 is 0. The van der Waals surface area contributed by atoms with Crippen molar-refractivity contribution in [3.8, 4) is 0 Å². The fourth-order valence-electron chi connectivity index (χ4n) is 2.38. The maximum absolute atomic E-state index is 13.6. The Bertz CT molecular complexity index is 663. The molecule has 23 heavy (non-hydrogen) atoms. The molecule has 0 saturated carbocycles. The highest BCUT2D eigenvalue weighted by Crippen LogP contribution is 2.05. The van der Waals surface area contributed by atoms with Gasteiger partial charge < -0.3 is 10.6 Å². The van der Waals surface area contributed by atoms with E-state index in [0.717, 1.165) is 25.2 Å². The van der Waals surface area contributed by atoms with Crippen molar-refractivity contribution in [2.75, 3.05) is 13.6 Å². The molecule has 0 fully saturated rings. The van der Waals surface area contributed by atoms with Crippen molar-refractivity contribution in [3.05, 3.63) is 53.1 Å². The standard InChI is InChI=1S/C17H24FN5/c1-13-11-14(2)23(22-13)10-6-9-20-17(19-3)21-12-15-7-4-5-8-16(15)18/h4-5,7-8,11H,6,9-10,12H2,1-3H3,(H2,19,20,21). The monoisotopic (exact) mass is 317 g/mol. The lowest BCUT2D eigenvalue weighted by atomic mass is 10.2. The van der Waals surface area contributed by atoms with Crippen LogP contribution in [0.15, 0.2) is 35.3 Å². The topological polar surface area (TPSA) is 54.2 Å². The van der Waals surface area contributed by atoms with Gasteiger partial charge in [0.15, 0.2) is 5.96 Å². The number of hydrogen-bond acceptors (Lipinski definition) is 2. The van der Waals surface area contributed by atoms with Crippen LogP contribution < -0.4 is 10.6 Å². The van der Waals surface area contributed by atoms with Gasteiger partial charge in [0.2, 0.25) is 0 Å². The molecule has 0 unspecified atom stereocenters. The van der Waals surface area contributed by atoms with E-state index < -0.39 is 0 Å². The van der Waals surface area contributed by atoms with Gasteiger partial charge in [-0.1, -0.05) is 18.2 Å². The van der Waals surface area contributed by atoms with Crippen molar-refractivity contribution < 1.29 is 4.39 Å². The molecule has 0 aliphatic carbocycles. The van der Waals surface area contributed by atoms with Gasteiger partial charge in [0.25, 0.3) is 0 Å². The smallest absolute Gasteiger partial charge is 0.191 e. The molecular formula is C17H24FN5. The minimum absolute atomic E-state index is 0.208. The highest BCUT2D eigenvalue weighted by atomic mass is 19.1. The molecule has 0 atom stereocenters. The van der Waals surface area contributed by atoms with E-state index >= 15 is 0 Å². The first-order valence-electron chi connectivity index (χ1n) is 7.79. The van der Waals surface area contributed by atoms with Gasteiger partial charge in [0.1, 0.15) is 5.82 Å². The number of aliphatic imine (C=N–C) groups is 1. The molecule has 6 heteroatoms. The molecule has 2 N–H and O–H groups in total. The third-order valence-corrected chi connectivity index (χ3v) is 3.57. The quantitative estimate of drug-likeness (QED) is 0.489. The van der Waals surface area contributed by atoms with Gasteiger partial charge in [-0.2, -0.15) is 5.10 Å². The summed E-state index contributed by atoms with van der Waals surface area (Å²) in [7, 11) is 1.71. The fraction of sp³-hybridized carbons (Fsp3) is 0.412. The van der Waals surface area contributed by atoms with Crippen molar-refractivity contribution in [2.45, 2.75) is 33.4 Å². The number of aromatic nitrogens is 2. The Morgan fingerprint density at radius 1 is 1.26 bits per heavy atom. The number of nitrogens with one attached hydrogen (secondary N) is 2. The SMILES string of the molecule is CN=C(NCCCn1nc(C)cc1C)NCc1ccccc1F. The molecule has 5 nitrogen and oxygen atoms in total. The Morgan fingerprint density at radius 3 is 2.70 bits per heavy atom. The number of aryl methyl sites for hydroxylation is 3. The maximum Gasteiger partial charge on any atom is 0.191 e. The zero-order valence-electron chi connectivity index (χ0n) is 13.9. The number of hydrogen-bond donors (Lipinski definition) is 2. The third kappa shape index (κ3) is 5.09. The molecule has 2 rings (SSSR count). The molecule has 0 spiro atoms. The summed E-state index contributed by atoms with van der Waals surface area (Å²) in [5, 5.41) is 10.8. The van der Waals surface area contributed by atoms with Crippen molar-refractivity contribution in [3.63, 3.8) is 0 Å². The molecule has 0 radical (unpaired) electrons.